The molecule has 0 spiro atoms. The van der Waals surface area contributed by atoms with Crippen LogP contribution in [0.4, 0.5) is 0 Å². The molecule has 2 heterocycles. The molecule has 3 aliphatic rings. The van der Waals surface area contributed by atoms with Crippen LogP contribution in [0.1, 0.15) is 35.6 Å². The van der Waals surface area contributed by atoms with E-state index in [2.05, 4.69) is 36.4 Å². The van der Waals surface area contributed by atoms with Gasteiger partial charge in [-0.1, -0.05) is 24.3 Å². The third kappa shape index (κ3) is 5.04. The van der Waals surface area contributed by atoms with Gasteiger partial charge in [-0.2, -0.15) is 0 Å². The summed E-state index contributed by atoms with van der Waals surface area (Å²) in [4.78, 5) is 3.07. The Morgan fingerprint density at radius 3 is 2.71 bits per heavy atom. The number of rotatable bonds is 7. The number of fused-ring (bicyclic) bond motifs is 2. The normalized spacial score (nSPS) is 25.8. The fraction of sp³-hybridized carbons (Fsp3) is 0.520. The molecule has 6 nitrogen and oxygen atoms in total. The average molecular weight is 427 g/mol. The van der Waals surface area contributed by atoms with Crippen molar-refractivity contribution in [2.75, 3.05) is 46.1 Å². The topological polar surface area (TPSA) is 56.8 Å². The fourth-order valence-electron chi connectivity index (χ4n) is 5.18. The van der Waals surface area contributed by atoms with Crippen LogP contribution in [-0.4, -0.2) is 57.3 Å². The number of hydrogen-bond donors (Lipinski definition) is 3. The van der Waals surface area contributed by atoms with Gasteiger partial charge in [0.2, 0.25) is 6.79 Å². The Hall–Kier alpha value is -2.12. The van der Waals surface area contributed by atoms with Crippen molar-refractivity contribution in [1.82, 2.24) is 0 Å². The molecular weight excluding hydrogens is 392 g/mol. The van der Waals surface area contributed by atoms with Crippen molar-refractivity contribution in [1.29, 1.82) is 0 Å². The van der Waals surface area contributed by atoms with E-state index >= 15 is 0 Å². The second-order valence-electron chi connectivity index (χ2n) is 9.14. The lowest BCUT2D eigenvalue weighted by atomic mass is 9.89. The van der Waals surface area contributed by atoms with E-state index in [-0.39, 0.29) is 6.10 Å². The molecule has 1 aliphatic carbocycles. The second-order valence-corrected chi connectivity index (χ2v) is 9.14. The predicted molar refractivity (Wildman–Crippen MR) is 117 cm³/mol. The summed E-state index contributed by atoms with van der Waals surface area (Å²) in [5, 5.41) is 10.6. The van der Waals surface area contributed by atoms with Gasteiger partial charge < -0.3 is 29.1 Å². The Morgan fingerprint density at radius 1 is 1.00 bits per heavy atom. The molecule has 0 amide bonds. The maximum Gasteiger partial charge on any atom is 0.231 e. The highest BCUT2D eigenvalue weighted by Crippen LogP contribution is 2.33. The molecule has 1 fully saturated rings. The number of hydrogen-bond acceptors (Lipinski definition) is 4. The van der Waals surface area contributed by atoms with Crippen molar-refractivity contribution >= 4 is 0 Å². The lowest BCUT2D eigenvalue weighted by Crippen LogP contribution is -3.28. The van der Waals surface area contributed by atoms with Gasteiger partial charge in [0.1, 0.15) is 45.4 Å². The molecule has 6 heteroatoms. The SMILES string of the molecule is O[C@@H](CO[C@H]1CCCc2ccccc21)C[NH+]1CC[NH+](Cc2ccc3c(c2)OCO3)CC1. The molecule has 0 radical (unpaired) electrons. The lowest BCUT2D eigenvalue weighted by molar-refractivity contribution is -1.02. The standard InChI is InChI=1S/C25H32N2O4/c28-21(17-29-23-7-3-5-20-4-1-2-6-22(20)23)16-27-12-10-26(11-13-27)15-19-8-9-24-25(14-19)31-18-30-24/h1-2,4,6,8-9,14,21,23,28H,3,5,7,10-13,15-18H2/p+2/t21-,23+/m1/s1. The fourth-order valence-corrected chi connectivity index (χ4v) is 5.18. The van der Waals surface area contributed by atoms with Crippen LogP contribution < -0.4 is 19.3 Å². The zero-order valence-corrected chi connectivity index (χ0v) is 18.1. The third-order valence-corrected chi connectivity index (χ3v) is 6.88. The van der Waals surface area contributed by atoms with Crippen LogP contribution in [-0.2, 0) is 17.7 Å². The highest BCUT2D eigenvalue weighted by Gasteiger charge is 2.27. The summed E-state index contributed by atoms with van der Waals surface area (Å²) in [7, 11) is 0. The number of ether oxygens (including phenoxy) is 3. The van der Waals surface area contributed by atoms with Crippen molar-refractivity contribution in [3.05, 3.63) is 59.2 Å². The van der Waals surface area contributed by atoms with E-state index in [1.807, 2.05) is 6.07 Å². The molecule has 2 aliphatic heterocycles. The monoisotopic (exact) mass is 426 g/mol. The van der Waals surface area contributed by atoms with Gasteiger partial charge in [0, 0.05) is 5.56 Å². The highest BCUT2D eigenvalue weighted by molar-refractivity contribution is 5.44. The van der Waals surface area contributed by atoms with Gasteiger partial charge in [-0.3, -0.25) is 0 Å². The number of quaternary nitrogens is 2. The minimum absolute atomic E-state index is 0.137. The predicted octanol–water partition coefficient (Wildman–Crippen LogP) is 0.154. The zero-order valence-electron chi connectivity index (χ0n) is 18.1. The molecule has 2 atom stereocenters. The summed E-state index contributed by atoms with van der Waals surface area (Å²) in [6.07, 6.45) is 3.09. The van der Waals surface area contributed by atoms with Gasteiger partial charge >= 0.3 is 0 Å². The Balaban J connectivity index is 1.05. The number of aliphatic hydroxyl groups is 1. The summed E-state index contributed by atoms with van der Waals surface area (Å²) in [6.45, 7) is 6.94. The number of aryl methyl sites for hydroxylation is 1. The van der Waals surface area contributed by atoms with Crippen LogP contribution in [0.2, 0.25) is 0 Å². The highest BCUT2D eigenvalue weighted by atomic mass is 16.7. The van der Waals surface area contributed by atoms with Crippen molar-refractivity contribution in [2.45, 2.75) is 38.0 Å². The number of aliphatic hydroxyl groups excluding tert-OH is 1. The Bertz CT molecular complexity index is 882. The number of nitrogens with one attached hydrogen (secondary N) is 2. The molecule has 3 N–H and O–H groups in total. The van der Waals surface area contributed by atoms with Gasteiger partial charge in [0.25, 0.3) is 0 Å². The van der Waals surface area contributed by atoms with E-state index in [9.17, 15) is 5.11 Å². The van der Waals surface area contributed by atoms with Crippen molar-refractivity contribution in [2.24, 2.45) is 0 Å². The first kappa shape index (κ1) is 20.8. The van der Waals surface area contributed by atoms with Crippen LogP contribution in [0.15, 0.2) is 42.5 Å². The smallest absolute Gasteiger partial charge is 0.231 e. The van der Waals surface area contributed by atoms with Crippen LogP contribution >= 0.6 is 0 Å². The van der Waals surface area contributed by atoms with Gasteiger partial charge in [-0.05, 0) is 48.6 Å². The molecule has 1 saturated heterocycles. The largest absolute Gasteiger partial charge is 0.454 e. The maximum absolute atomic E-state index is 10.6. The lowest BCUT2D eigenvalue weighted by Gasteiger charge is -2.31. The number of piperazine rings is 1. The summed E-state index contributed by atoms with van der Waals surface area (Å²) in [6, 6.07) is 14.8. The van der Waals surface area contributed by atoms with Crippen LogP contribution in [0.5, 0.6) is 11.5 Å². The zero-order chi connectivity index (χ0) is 21.0. The maximum atomic E-state index is 10.6. The molecule has 31 heavy (non-hydrogen) atoms. The first-order valence-electron chi connectivity index (χ1n) is 11.7. The summed E-state index contributed by atoms with van der Waals surface area (Å²) < 4.78 is 17.1. The molecule has 0 bridgehead atoms. The van der Waals surface area contributed by atoms with Crippen molar-refractivity contribution in [3.63, 3.8) is 0 Å². The van der Waals surface area contributed by atoms with Gasteiger partial charge in [-0.15, -0.1) is 0 Å². The van der Waals surface area contributed by atoms with Gasteiger partial charge in [0.15, 0.2) is 11.5 Å². The van der Waals surface area contributed by atoms with E-state index in [4.69, 9.17) is 14.2 Å². The minimum Gasteiger partial charge on any atom is -0.454 e. The molecule has 0 aromatic heterocycles. The van der Waals surface area contributed by atoms with Crippen LogP contribution in [0.25, 0.3) is 0 Å². The first-order valence-corrected chi connectivity index (χ1v) is 11.7. The van der Waals surface area contributed by atoms with Crippen molar-refractivity contribution < 1.29 is 29.1 Å². The molecule has 5 rings (SSSR count). The Kier molecular flexibility index (Phi) is 6.41. The van der Waals surface area contributed by atoms with E-state index in [1.165, 1.54) is 21.6 Å². The van der Waals surface area contributed by atoms with Crippen LogP contribution in [0.3, 0.4) is 0 Å². The summed E-state index contributed by atoms with van der Waals surface area (Å²) >= 11 is 0. The van der Waals surface area contributed by atoms with Gasteiger partial charge in [0.05, 0.1) is 12.7 Å². The van der Waals surface area contributed by atoms with Crippen LogP contribution in [0, 0.1) is 0 Å². The number of benzene rings is 2. The van der Waals surface area contributed by atoms with E-state index in [1.54, 1.807) is 4.90 Å². The Labute approximate surface area is 184 Å². The summed E-state index contributed by atoms with van der Waals surface area (Å²) in [5.41, 5.74) is 4.01. The Morgan fingerprint density at radius 2 is 1.81 bits per heavy atom. The second kappa shape index (κ2) is 9.57. The molecule has 2 aromatic rings. The van der Waals surface area contributed by atoms with E-state index < -0.39 is 6.10 Å². The average Bonchev–Trinajstić information content (AvgIpc) is 3.27. The molecular formula is C25H34N2O4+2. The summed E-state index contributed by atoms with van der Waals surface area (Å²) in [5.74, 6) is 1.71. The quantitative estimate of drug-likeness (QED) is 0.590. The van der Waals surface area contributed by atoms with E-state index in [0.29, 0.717) is 13.4 Å². The van der Waals surface area contributed by atoms with E-state index in [0.717, 1.165) is 70.0 Å². The molecule has 0 saturated carbocycles. The molecule has 2 aromatic carbocycles. The van der Waals surface area contributed by atoms with Gasteiger partial charge in [-0.25, -0.2) is 0 Å². The first-order chi connectivity index (χ1) is 15.2. The minimum atomic E-state index is -0.403. The third-order valence-electron chi connectivity index (χ3n) is 6.88. The molecule has 166 valence electrons. The van der Waals surface area contributed by atoms with Crippen molar-refractivity contribution in [3.8, 4) is 11.5 Å². The molecule has 0 unspecified atom stereocenters.